The number of hydrogen-bond donors (Lipinski definition) is 0. The molecule has 0 aromatic heterocycles. The van der Waals surface area contributed by atoms with Crippen LogP contribution in [0.2, 0.25) is 5.02 Å². The van der Waals surface area contributed by atoms with Gasteiger partial charge in [-0.15, -0.1) is 0 Å². The van der Waals surface area contributed by atoms with Gasteiger partial charge in [0, 0.05) is 41.6 Å². The van der Waals surface area contributed by atoms with E-state index in [-0.39, 0.29) is 11.7 Å². The topological polar surface area (TPSA) is 68.0 Å². The van der Waals surface area contributed by atoms with E-state index in [0.29, 0.717) is 11.4 Å². The van der Waals surface area contributed by atoms with E-state index in [1.54, 1.807) is 18.2 Å². The van der Waals surface area contributed by atoms with Gasteiger partial charge in [0.1, 0.15) is 5.75 Å². The Morgan fingerprint density at radius 1 is 1.13 bits per heavy atom. The molecule has 2 aliphatic rings. The summed E-state index contributed by atoms with van der Waals surface area (Å²) in [5.74, 6) is 0.742. The van der Waals surface area contributed by atoms with Crippen molar-refractivity contribution in [2.75, 3.05) is 0 Å². The largest absolute Gasteiger partial charge is 0.462 e. The Hall–Kier alpha value is -3.38. The quantitative estimate of drug-likeness (QED) is 0.405. The van der Waals surface area contributed by atoms with Gasteiger partial charge in [-0.25, -0.2) is 5.01 Å². The third-order valence-electron chi connectivity index (χ3n) is 5.71. The molecule has 0 N–H and O–H groups in total. The van der Waals surface area contributed by atoms with Gasteiger partial charge in [-0.2, -0.15) is 5.10 Å². The second kappa shape index (κ2) is 6.85. The van der Waals surface area contributed by atoms with Crippen molar-refractivity contribution < 1.29 is 9.66 Å². The van der Waals surface area contributed by atoms with Gasteiger partial charge < -0.3 is 4.74 Å². The van der Waals surface area contributed by atoms with Crippen LogP contribution in [-0.4, -0.2) is 15.6 Å². The lowest BCUT2D eigenvalue weighted by Crippen LogP contribution is -2.48. The zero-order valence-electron chi connectivity index (χ0n) is 16.2. The number of benzene rings is 3. The highest BCUT2D eigenvalue weighted by molar-refractivity contribution is 6.30. The number of nitrogens with zero attached hydrogens (tertiary/aromatic N) is 3. The molecule has 30 heavy (non-hydrogen) atoms. The highest BCUT2D eigenvalue weighted by Gasteiger charge is 2.49. The first-order valence-corrected chi connectivity index (χ1v) is 9.99. The van der Waals surface area contributed by atoms with Gasteiger partial charge in [0.2, 0.25) is 5.72 Å². The summed E-state index contributed by atoms with van der Waals surface area (Å²) in [6.07, 6.45) is 0.712. The summed E-state index contributed by atoms with van der Waals surface area (Å²) < 4.78 is 6.45. The molecule has 2 aliphatic heterocycles. The first-order valence-electron chi connectivity index (χ1n) is 9.61. The Morgan fingerprint density at radius 2 is 1.87 bits per heavy atom. The molecule has 0 saturated heterocycles. The molecule has 0 spiro atoms. The maximum absolute atomic E-state index is 11.1. The SMILES string of the molecule is C[C@]1(c2ccc([N+](=O)[O-])cc2)Oc2ccc(Cl)cc2[C@H]2CC(c3ccccc3)=NN21. The Morgan fingerprint density at radius 3 is 2.57 bits per heavy atom. The molecule has 6 nitrogen and oxygen atoms in total. The molecule has 7 heteroatoms. The fraction of sp³-hybridized carbons (Fsp3) is 0.174. The van der Waals surface area contributed by atoms with Gasteiger partial charge in [0.25, 0.3) is 5.69 Å². The highest BCUT2D eigenvalue weighted by Crippen LogP contribution is 2.50. The molecule has 3 aromatic carbocycles. The Kier molecular flexibility index (Phi) is 4.25. The first kappa shape index (κ1) is 18.6. The fourth-order valence-electron chi connectivity index (χ4n) is 4.17. The lowest BCUT2D eigenvalue weighted by Gasteiger charge is -2.46. The third kappa shape index (κ3) is 2.92. The molecule has 2 heterocycles. The van der Waals surface area contributed by atoms with Crippen molar-refractivity contribution in [2.24, 2.45) is 5.10 Å². The lowest BCUT2D eigenvalue weighted by molar-refractivity contribution is -0.384. The first-order chi connectivity index (χ1) is 14.5. The smallest absolute Gasteiger partial charge is 0.269 e. The number of halogens is 1. The second-order valence-electron chi connectivity index (χ2n) is 7.55. The molecule has 0 aliphatic carbocycles. The molecule has 0 saturated carbocycles. The summed E-state index contributed by atoms with van der Waals surface area (Å²) in [5, 5.41) is 18.6. The number of nitro groups is 1. The second-order valence-corrected chi connectivity index (χ2v) is 7.98. The molecule has 3 aromatic rings. The van der Waals surface area contributed by atoms with Crippen molar-refractivity contribution >= 4 is 23.0 Å². The van der Waals surface area contributed by atoms with Crippen LogP contribution in [0.3, 0.4) is 0 Å². The Labute approximate surface area is 178 Å². The maximum atomic E-state index is 11.1. The van der Waals surface area contributed by atoms with Crippen LogP contribution in [0.15, 0.2) is 77.9 Å². The van der Waals surface area contributed by atoms with Crippen LogP contribution in [0.5, 0.6) is 5.75 Å². The van der Waals surface area contributed by atoms with Crippen LogP contribution in [0.1, 0.15) is 36.1 Å². The van der Waals surface area contributed by atoms with Crippen molar-refractivity contribution in [3.05, 3.63) is 105 Å². The Balaban J connectivity index is 1.64. The number of hydrogen-bond acceptors (Lipinski definition) is 5. The van der Waals surface area contributed by atoms with Crippen LogP contribution in [0, 0.1) is 10.1 Å². The minimum absolute atomic E-state index is 0.0387. The van der Waals surface area contributed by atoms with Gasteiger partial charge in [-0.3, -0.25) is 10.1 Å². The summed E-state index contributed by atoms with van der Waals surface area (Å²) in [4.78, 5) is 10.7. The predicted octanol–water partition coefficient (Wildman–Crippen LogP) is 5.66. The summed E-state index contributed by atoms with van der Waals surface area (Å²) in [5.41, 5.74) is 2.91. The minimum atomic E-state index is -0.919. The van der Waals surface area contributed by atoms with Gasteiger partial charge >= 0.3 is 0 Å². The van der Waals surface area contributed by atoms with Gasteiger partial charge in [-0.1, -0.05) is 41.9 Å². The number of fused-ring (bicyclic) bond motifs is 3. The summed E-state index contributed by atoms with van der Waals surface area (Å²) in [6.45, 7) is 1.94. The van der Waals surface area contributed by atoms with E-state index in [9.17, 15) is 10.1 Å². The molecule has 150 valence electrons. The standard InChI is InChI=1S/C23H18ClN3O3/c1-23(16-7-10-18(11-8-16)27(28)29)26-21(19-13-17(24)9-12-22(19)30-23)14-20(25-26)15-5-3-2-4-6-15/h2-13,21H,14H2,1H3/t21-,23-/m1/s1. The van der Waals surface area contributed by atoms with Crippen molar-refractivity contribution in [3.8, 4) is 5.75 Å². The minimum Gasteiger partial charge on any atom is -0.462 e. The number of rotatable bonds is 3. The average molecular weight is 420 g/mol. The van der Waals surface area contributed by atoms with Crippen LogP contribution in [-0.2, 0) is 5.72 Å². The number of non-ortho nitro benzene ring substituents is 1. The molecule has 0 unspecified atom stereocenters. The van der Waals surface area contributed by atoms with E-state index in [0.717, 1.165) is 28.2 Å². The van der Waals surface area contributed by atoms with Crippen LogP contribution in [0.25, 0.3) is 0 Å². The van der Waals surface area contributed by atoms with E-state index in [1.165, 1.54) is 12.1 Å². The van der Waals surface area contributed by atoms with E-state index in [1.807, 2.05) is 54.4 Å². The monoisotopic (exact) mass is 419 g/mol. The normalized spacial score (nSPS) is 22.0. The fourth-order valence-corrected chi connectivity index (χ4v) is 4.35. The van der Waals surface area contributed by atoms with E-state index in [2.05, 4.69) is 0 Å². The van der Waals surface area contributed by atoms with Gasteiger partial charge in [0.15, 0.2) is 0 Å². The Bertz CT molecular complexity index is 1160. The van der Waals surface area contributed by atoms with E-state index in [4.69, 9.17) is 21.4 Å². The predicted molar refractivity (Wildman–Crippen MR) is 115 cm³/mol. The highest BCUT2D eigenvalue weighted by atomic mass is 35.5. The summed E-state index contributed by atoms with van der Waals surface area (Å²) in [6, 6.07) is 22.0. The molecule has 2 atom stereocenters. The van der Waals surface area contributed by atoms with E-state index < -0.39 is 10.6 Å². The molecule has 5 rings (SSSR count). The molecule has 0 radical (unpaired) electrons. The van der Waals surface area contributed by atoms with Crippen LogP contribution in [0.4, 0.5) is 5.69 Å². The number of hydrazone groups is 1. The van der Waals surface area contributed by atoms with Crippen molar-refractivity contribution in [2.45, 2.75) is 25.1 Å². The van der Waals surface area contributed by atoms with Gasteiger partial charge in [0.05, 0.1) is 16.7 Å². The molecule has 0 fully saturated rings. The average Bonchev–Trinajstić information content (AvgIpc) is 3.22. The zero-order valence-corrected chi connectivity index (χ0v) is 16.9. The molecular formula is C23H18ClN3O3. The molecule has 0 amide bonds. The number of nitro benzene ring substituents is 1. The van der Waals surface area contributed by atoms with Crippen LogP contribution >= 0.6 is 11.6 Å². The van der Waals surface area contributed by atoms with Crippen LogP contribution < -0.4 is 4.74 Å². The van der Waals surface area contributed by atoms with Crippen molar-refractivity contribution in [1.82, 2.24) is 5.01 Å². The summed E-state index contributed by atoms with van der Waals surface area (Å²) >= 11 is 6.28. The third-order valence-corrected chi connectivity index (χ3v) is 5.94. The molecular weight excluding hydrogens is 402 g/mol. The summed E-state index contributed by atoms with van der Waals surface area (Å²) in [7, 11) is 0. The maximum Gasteiger partial charge on any atom is 0.269 e. The molecule has 0 bridgehead atoms. The van der Waals surface area contributed by atoms with E-state index >= 15 is 0 Å². The lowest BCUT2D eigenvalue weighted by atomic mass is 9.92. The number of ether oxygens (including phenoxy) is 1. The zero-order chi connectivity index (χ0) is 20.9. The van der Waals surface area contributed by atoms with Crippen molar-refractivity contribution in [1.29, 1.82) is 0 Å². The van der Waals surface area contributed by atoms with Crippen molar-refractivity contribution in [3.63, 3.8) is 0 Å². The van der Waals surface area contributed by atoms with Gasteiger partial charge in [-0.05, 0) is 35.9 Å².